The summed E-state index contributed by atoms with van der Waals surface area (Å²) in [6.07, 6.45) is 0. The fourth-order valence-corrected chi connectivity index (χ4v) is 1.85. The van der Waals surface area contributed by atoms with Crippen LogP contribution in [0.2, 0.25) is 15.2 Å². The molecule has 0 amide bonds. The van der Waals surface area contributed by atoms with Gasteiger partial charge in [0, 0.05) is 5.56 Å². The molecule has 1 heterocycles. The molecule has 0 saturated carbocycles. The zero-order valence-electron chi connectivity index (χ0n) is 7.80. The number of nitrogens with one attached hydrogen (secondary N) is 1. The van der Waals surface area contributed by atoms with Gasteiger partial charge in [-0.25, -0.2) is 5.10 Å². The molecule has 16 heavy (non-hydrogen) atoms. The smallest absolute Gasteiger partial charge is 0.267 e. The van der Waals surface area contributed by atoms with Crippen LogP contribution in [0.15, 0.2) is 29.1 Å². The molecule has 0 aliphatic rings. The van der Waals surface area contributed by atoms with Crippen molar-refractivity contribution in [2.24, 2.45) is 0 Å². The number of hydrogen-bond donors (Lipinski definition) is 1. The number of hydrogen-bond acceptors (Lipinski definition) is 2. The Morgan fingerprint density at radius 3 is 2.62 bits per heavy atom. The van der Waals surface area contributed by atoms with Gasteiger partial charge in [0.15, 0.2) is 0 Å². The molecule has 3 nitrogen and oxygen atoms in total. The number of H-pyrrole nitrogens is 1. The van der Waals surface area contributed by atoms with Gasteiger partial charge in [-0.1, -0.05) is 46.9 Å². The van der Waals surface area contributed by atoms with Gasteiger partial charge in [0.25, 0.3) is 5.56 Å². The minimum absolute atomic E-state index is 0.186. The molecule has 2 rings (SSSR count). The highest BCUT2D eigenvalue weighted by molar-refractivity contribution is 6.43. The summed E-state index contributed by atoms with van der Waals surface area (Å²) in [5.74, 6) is 0. The Kier molecular flexibility index (Phi) is 3.19. The van der Waals surface area contributed by atoms with E-state index in [1.165, 1.54) is 6.07 Å². The Labute approximate surface area is 106 Å². The van der Waals surface area contributed by atoms with Crippen molar-refractivity contribution in [3.63, 3.8) is 0 Å². The van der Waals surface area contributed by atoms with Gasteiger partial charge in [0.1, 0.15) is 5.15 Å². The van der Waals surface area contributed by atoms with E-state index in [4.69, 9.17) is 34.8 Å². The first-order valence-electron chi connectivity index (χ1n) is 4.29. The van der Waals surface area contributed by atoms with Crippen molar-refractivity contribution >= 4 is 34.8 Å². The van der Waals surface area contributed by atoms with Crippen molar-refractivity contribution < 1.29 is 0 Å². The van der Waals surface area contributed by atoms with Crippen LogP contribution in [0.1, 0.15) is 0 Å². The quantitative estimate of drug-likeness (QED) is 0.867. The molecular formula is C10H5Cl3N2O. The lowest BCUT2D eigenvalue weighted by molar-refractivity contribution is 0.992. The van der Waals surface area contributed by atoms with Crippen LogP contribution in [-0.2, 0) is 0 Å². The van der Waals surface area contributed by atoms with Crippen LogP contribution in [0.25, 0.3) is 11.1 Å². The first-order valence-corrected chi connectivity index (χ1v) is 5.42. The molecule has 0 saturated heterocycles. The van der Waals surface area contributed by atoms with E-state index in [-0.39, 0.29) is 10.7 Å². The molecular weight excluding hydrogens is 270 g/mol. The highest BCUT2D eigenvalue weighted by Crippen LogP contribution is 2.32. The fourth-order valence-electron chi connectivity index (χ4n) is 1.29. The van der Waals surface area contributed by atoms with E-state index in [2.05, 4.69) is 10.2 Å². The summed E-state index contributed by atoms with van der Waals surface area (Å²) in [7, 11) is 0. The Morgan fingerprint density at radius 1 is 1.12 bits per heavy atom. The van der Waals surface area contributed by atoms with Crippen molar-refractivity contribution in [1.29, 1.82) is 0 Å². The van der Waals surface area contributed by atoms with Gasteiger partial charge in [-0.05, 0) is 12.1 Å². The molecule has 1 aromatic carbocycles. The molecule has 0 fully saturated rings. The van der Waals surface area contributed by atoms with E-state index in [1.54, 1.807) is 18.2 Å². The predicted octanol–water partition coefficient (Wildman–Crippen LogP) is 3.40. The van der Waals surface area contributed by atoms with Crippen LogP contribution in [-0.4, -0.2) is 10.2 Å². The van der Waals surface area contributed by atoms with E-state index in [0.29, 0.717) is 21.2 Å². The summed E-state index contributed by atoms with van der Waals surface area (Å²) < 4.78 is 0. The van der Waals surface area contributed by atoms with Crippen molar-refractivity contribution in [1.82, 2.24) is 10.2 Å². The van der Waals surface area contributed by atoms with Crippen molar-refractivity contribution in [3.05, 3.63) is 49.8 Å². The van der Waals surface area contributed by atoms with E-state index >= 15 is 0 Å². The Balaban J connectivity index is 2.72. The molecule has 82 valence electrons. The van der Waals surface area contributed by atoms with Gasteiger partial charge < -0.3 is 0 Å². The van der Waals surface area contributed by atoms with E-state index in [1.807, 2.05) is 0 Å². The van der Waals surface area contributed by atoms with Crippen LogP contribution in [0, 0.1) is 0 Å². The maximum atomic E-state index is 11.6. The monoisotopic (exact) mass is 274 g/mol. The number of rotatable bonds is 1. The van der Waals surface area contributed by atoms with Gasteiger partial charge in [0.2, 0.25) is 0 Å². The second kappa shape index (κ2) is 4.45. The zero-order chi connectivity index (χ0) is 11.7. The van der Waals surface area contributed by atoms with Crippen molar-refractivity contribution in [2.45, 2.75) is 0 Å². The van der Waals surface area contributed by atoms with Crippen molar-refractivity contribution in [2.75, 3.05) is 0 Å². The molecule has 0 spiro atoms. The van der Waals surface area contributed by atoms with E-state index in [9.17, 15) is 4.79 Å². The molecule has 6 heteroatoms. The molecule has 1 aromatic heterocycles. The minimum Gasteiger partial charge on any atom is -0.267 e. The Morgan fingerprint density at radius 2 is 1.88 bits per heavy atom. The number of aromatic amines is 1. The fraction of sp³-hybridized carbons (Fsp3) is 0. The number of benzene rings is 1. The Bertz CT molecular complexity index is 595. The van der Waals surface area contributed by atoms with E-state index < -0.39 is 0 Å². The summed E-state index contributed by atoms with van der Waals surface area (Å²) >= 11 is 17.6. The van der Waals surface area contributed by atoms with Gasteiger partial charge in [-0.15, -0.1) is 0 Å². The normalized spacial score (nSPS) is 10.4. The highest BCUT2D eigenvalue weighted by Gasteiger charge is 2.10. The summed E-state index contributed by atoms with van der Waals surface area (Å²) in [5, 5.41) is 6.73. The lowest BCUT2D eigenvalue weighted by Crippen LogP contribution is -2.10. The highest BCUT2D eigenvalue weighted by atomic mass is 35.5. The van der Waals surface area contributed by atoms with Crippen LogP contribution in [0.5, 0.6) is 0 Å². The first-order chi connectivity index (χ1) is 7.59. The third kappa shape index (κ3) is 2.07. The minimum atomic E-state index is -0.367. The van der Waals surface area contributed by atoms with Crippen LogP contribution in [0.4, 0.5) is 0 Å². The summed E-state index contributed by atoms with van der Waals surface area (Å²) in [4.78, 5) is 11.6. The van der Waals surface area contributed by atoms with Gasteiger partial charge in [-0.3, -0.25) is 4.79 Å². The topological polar surface area (TPSA) is 45.8 Å². The molecule has 0 atom stereocenters. The zero-order valence-corrected chi connectivity index (χ0v) is 10.1. The lowest BCUT2D eigenvalue weighted by atomic mass is 10.1. The van der Waals surface area contributed by atoms with Gasteiger partial charge >= 0.3 is 0 Å². The molecule has 0 radical (unpaired) electrons. The summed E-state index contributed by atoms with van der Waals surface area (Å²) in [6.45, 7) is 0. The molecule has 2 aromatic rings. The predicted molar refractivity (Wildman–Crippen MR) is 65.3 cm³/mol. The number of nitrogens with zero attached hydrogens (tertiary/aromatic N) is 1. The van der Waals surface area contributed by atoms with Gasteiger partial charge in [-0.2, -0.15) is 5.10 Å². The van der Waals surface area contributed by atoms with Crippen LogP contribution in [0.3, 0.4) is 0 Å². The molecule has 1 N–H and O–H groups in total. The third-order valence-electron chi connectivity index (χ3n) is 2.01. The molecule has 0 unspecified atom stereocenters. The largest absolute Gasteiger partial charge is 0.272 e. The molecule has 0 bridgehead atoms. The third-order valence-corrected chi connectivity index (χ3v) is 3.03. The van der Waals surface area contributed by atoms with Crippen molar-refractivity contribution in [3.8, 4) is 11.1 Å². The maximum Gasteiger partial charge on any atom is 0.272 e. The number of halogens is 3. The summed E-state index contributed by atoms with van der Waals surface area (Å²) in [5.41, 5.74) is 0.501. The second-order valence-electron chi connectivity index (χ2n) is 3.03. The van der Waals surface area contributed by atoms with Crippen LogP contribution >= 0.6 is 34.8 Å². The lowest BCUT2D eigenvalue weighted by Gasteiger charge is -2.04. The number of aromatic nitrogens is 2. The molecule has 0 aliphatic heterocycles. The van der Waals surface area contributed by atoms with E-state index in [0.717, 1.165) is 0 Å². The van der Waals surface area contributed by atoms with Gasteiger partial charge in [0.05, 0.1) is 15.6 Å². The molecule has 0 aliphatic carbocycles. The first kappa shape index (κ1) is 11.5. The Hall–Kier alpha value is -1.03. The second-order valence-corrected chi connectivity index (χ2v) is 4.21. The average Bonchev–Trinajstić information content (AvgIpc) is 2.26. The SMILES string of the molecule is O=c1[nH]nc(Cl)cc1-c1cccc(Cl)c1Cl. The summed E-state index contributed by atoms with van der Waals surface area (Å²) in [6, 6.07) is 6.48. The van der Waals surface area contributed by atoms with Crippen LogP contribution < -0.4 is 5.56 Å². The maximum absolute atomic E-state index is 11.6. The standard InChI is InChI=1S/C10H5Cl3N2O/c11-7-3-1-2-5(9(7)13)6-4-8(12)14-15-10(6)16/h1-4H,(H,15,16). The average molecular weight is 276 g/mol.